The summed E-state index contributed by atoms with van der Waals surface area (Å²) >= 11 is 0. The average molecular weight is 2030 g/mol. The van der Waals surface area contributed by atoms with Crippen molar-refractivity contribution in [2.75, 3.05) is 52.9 Å². The van der Waals surface area contributed by atoms with Gasteiger partial charge in [-0.25, -0.2) is 9.59 Å². The van der Waals surface area contributed by atoms with Crippen LogP contribution < -0.4 is 21.3 Å². The molecule has 814 valence electrons. The van der Waals surface area contributed by atoms with Gasteiger partial charge in [0.1, 0.15) is 159 Å². The fraction of sp³-hybridized carbons (Fsp3) is 0.913. The summed E-state index contributed by atoms with van der Waals surface area (Å²) in [6.07, 6.45) is -39.2. The summed E-state index contributed by atoms with van der Waals surface area (Å²) in [7, 11) is 0. The molecule has 0 aromatic heterocycles. The monoisotopic (exact) mass is 2030 g/mol. The number of aliphatic hydroxyl groups is 22. The van der Waals surface area contributed by atoms with E-state index in [0.29, 0.717) is 12.8 Å². The Balaban J connectivity index is 1.07. The van der Waals surface area contributed by atoms with Crippen LogP contribution in [0.4, 0.5) is 0 Å². The number of allylic oxidation sites excluding steroid dienone is 1. The van der Waals surface area contributed by atoms with Gasteiger partial charge in [-0.15, -0.1) is 0 Å². The number of aliphatic carboxylic acids is 2. The molecular weight excluding hydrogens is 1860 g/mol. The molecule has 7 saturated heterocycles. The Morgan fingerprint density at radius 3 is 1.17 bits per heavy atom. The number of carboxylic acid groups (broad SMARTS) is 2. The molecule has 0 radical (unpaired) electrons. The van der Waals surface area contributed by atoms with Crippen LogP contribution in [0.2, 0.25) is 0 Å². The smallest absolute Gasteiger partial charge is 0.364 e. The molecule has 0 saturated carbocycles. The van der Waals surface area contributed by atoms with E-state index in [2.05, 4.69) is 35.1 Å². The molecule has 48 nitrogen and oxygen atoms in total. The van der Waals surface area contributed by atoms with E-state index in [0.717, 1.165) is 78.6 Å². The highest BCUT2D eigenvalue weighted by Crippen LogP contribution is 2.43. The number of carbonyl (C=O) groups is 6. The van der Waals surface area contributed by atoms with E-state index in [4.69, 9.17) is 66.3 Å². The standard InChI is InChI=1S/C92H162N4O44/c1-6-8-10-12-14-16-18-20-21-22-23-25-27-29-31-33-35-37-62(111)96-51(52(106)36-34-32-30-28-26-24-19-17-15-13-11-9-7-2)46-127-85-73(119)71(117)77(59(44-101)131-85)134-86-74(120)72(118)78(60(45-102)132-86)135-87-75(121)82(69(115)58(43-100)130-87)137-84-65(95-50(5)105)79(68(114)57(42-99)129-84)136-88-76(122)83(140-92(90(125)126)39-54(108)64(94-49(4)104)81(139-92)67(113)56(110)41-98)70(116)61(133-88)47-128-91(89(123)124)38-53(107)63(93-48(3)103)80(138-91)66(112)55(109)40-97/h34,36,51-61,63-88,97-102,106-110,112-122H,6-33,35,37-47H2,1-5H3,(H,93,103)(H,94,104)(H,95,105)(H,96,111)(H,123,124)(H,125,126)/b36-34+/t51-,52+,53?,54?,55+,56+,57?,58?,59?,60?,61?,63+,64+,65?,66+,67+,68-,69-,70-,71+,72+,73?,74?,75?,76?,77+,78-,79+,80?,81?,82-,83-,84-,85+,86-,87-,88-,91+,92-/m0/s1. The lowest BCUT2D eigenvalue weighted by atomic mass is 9.88. The van der Waals surface area contributed by atoms with Crippen LogP contribution in [0, 0.1) is 0 Å². The Labute approximate surface area is 814 Å². The fourth-order valence-corrected chi connectivity index (χ4v) is 18.6. The van der Waals surface area contributed by atoms with Crippen molar-refractivity contribution in [3.8, 4) is 0 Å². The number of unbranched alkanes of at least 4 members (excludes halogenated alkanes) is 27. The van der Waals surface area contributed by atoms with E-state index in [1.54, 1.807) is 6.08 Å². The molecule has 0 bridgehead atoms. The van der Waals surface area contributed by atoms with E-state index >= 15 is 0 Å². The van der Waals surface area contributed by atoms with Crippen LogP contribution in [-0.4, -0.2) is 449 Å². The molecule has 7 aliphatic heterocycles. The number of nitrogens with one attached hydrogen (secondary N) is 4. The summed E-state index contributed by atoms with van der Waals surface area (Å²) < 4.78 is 83.1. The number of amides is 4. The first-order valence-electron chi connectivity index (χ1n) is 49.7. The predicted octanol–water partition coefficient (Wildman–Crippen LogP) is -5.26. The van der Waals surface area contributed by atoms with Gasteiger partial charge < -0.3 is 210 Å². The van der Waals surface area contributed by atoms with Crippen LogP contribution >= 0.6 is 0 Å². The van der Waals surface area contributed by atoms with Gasteiger partial charge in [-0.2, -0.15) is 0 Å². The Hall–Kier alpha value is -4.88. The quantitative estimate of drug-likeness (QED) is 0.0200. The Bertz CT molecular complexity index is 3580. The zero-order valence-corrected chi connectivity index (χ0v) is 80.7. The molecule has 4 amide bonds. The van der Waals surface area contributed by atoms with Crippen molar-refractivity contribution in [1.82, 2.24) is 21.3 Å². The minimum absolute atomic E-state index is 0.139. The zero-order valence-electron chi connectivity index (χ0n) is 80.7. The molecule has 0 spiro atoms. The first-order chi connectivity index (χ1) is 66.8. The minimum Gasteiger partial charge on any atom is -0.477 e. The summed E-state index contributed by atoms with van der Waals surface area (Å²) in [6, 6.07) is -6.92. The zero-order chi connectivity index (χ0) is 103. The third-order valence-corrected chi connectivity index (χ3v) is 26.7. The number of ether oxygens (including phenoxy) is 14. The van der Waals surface area contributed by atoms with Gasteiger partial charge >= 0.3 is 11.9 Å². The first-order valence-corrected chi connectivity index (χ1v) is 49.7. The summed E-state index contributed by atoms with van der Waals surface area (Å²) in [4.78, 5) is 79.1. The van der Waals surface area contributed by atoms with Gasteiger partial charge in [0.15, 0.2) is 31.5 Å². The molecule has 0 aromatic rings. The first kappa shape index (κ1) is 122. The molecule has 0 aliphatic carbocycles. The molecule has 48 heteroatoms. The fourth-order valence-electron chi connectivity index (χ4n) is 18.6. The van der Waals surface area contributed by atoms with Crippen LogP contribution in [0.3, 0.4) is 0 Å². The number of hydrogen-bond acceptors (Lipinski definition) is 42. The summed E-state index contributed by atoms with van der Waals surface area (Å²) in [5, 5.41) is 281. The van der Waals surface area contributed by atoms with E-state index in [9.17, 15) is 151 Å². The van der Waals surface area contributed by atoms with Crippen molar-refractivity contribution >= 4 is 35.6 Å². The van der Waals surface area contributed by atoms with Gasteiger partial charge in [0.05, 0.1) is 89.3 Å². The molecule has 7 aliphatic rings. The SMILES string of the molecule is CCCCCCCCCCCCC/C=C/[C@@H](O)[C@H](CO[C@@H]1OC(CO)[C@@H](O[C@@H]2OC(CO)[C@H](O[C@@H]3OC(CO)[C@H](O)[C@H](O[C@@H]4OC(CO)[C@H](O)[C@H](O[C@@H]5OC(CO[C@]6(C(=O)O)CC(O)[C@@H](NC(C)=O)C([C@H](O)[C@H](O)CO)O6)[C@H](O)[C@H](O[C@]6(C(=O)O)CC(O)[C@@H](NC(C)=O)C([C@H](O)[C@H](O)CO)O6)C5O)C4NC(C)=O)C3O)[C@H](O)C2O)[C@H](O)C1O)NC(=O)CCCCCCCCCCCCCCCCCCC. The Kier molecular flexibility index (Phi) is 53.9. The molecule has 0 aromatic carbocycles. The van der Waals surface area contributed by atoms with Crippen LogP contribution in [-0.2, 0) is 95.1 Å². The van der Waals surface area contributed by atoms with Crippen molar-refractivity contribution in [3.05, 3.63) is 12.2 Å². The number of carboxylic acids is 2. The van der Waals surface area contributed by atoms with Gasteiger partial charge in [0, 0.05) is 40.0 Å². The lowest BCUT2D eigenvalue weighted by molar-refractivity contribution is -0.395. The van der Waals surface area contributed by atoms with Gasteiger partial charge in [-0.3, -0.25) is 19.2 Å². The van der Waals surface area contributed by atoms with Gasteiger partial charge in [-0.1, -0.05) is 193 Å². The third-order valence-electron chi connectivity index (χ3n) is 26.7. The number of hydrogen-bond donors (Lipinski definition) is 28. The van der Waals surface area contributed by atoms with E-state index < -0.39 is 333 Å². The molecule has 7 rings (SSSR count). The molecule has 140 heavy (non-hydrogen) atoms. The molecule has 39 atom stereocenters. The predicted molar refractivity (Wildman–Crippen MR) is 482 cm³/mol. The second-order valence-electron chi connectivity index (χ2n) is 37.8. The highest BCUT2D eigenvalue weighted by Gasteiger charge is 2.64. The largest absolute Gasteiger partial charge is 0.477 e. The Morgan fingerprint density at radius 1 is 0.386 bits per heavy atom. The van der Waals surface area contributed by atoms with Crippen LogP contribution in [0.25, 0.3) is 0 Å². The third kappa shape index (κ3) is 35.1. The number of carbonyl (C=O) groups excluding carboxylic acids is 4. The second-order valence-corrected chi connectivity index (χ2v) is 37.8. The molecule has 7 heterocycles. The molecule has 14 unspecified atom stereocenters. The van der Waals surface area contributed by atoms with Gasteiger partial charge in [0.2, 0.25) is 23.6 Å². The van der Waals surface area contributed by atoms with Crippen LogP contribution in [0.5, 0.6) is 0 Å². The van der Waals surface area contributed by atoms with E-state index in [1.807, 2.05) is 6.08 Å². The summed E-state index contributed by atoms with van der Waals surface area (Å²) in [6.45, 7) is -1.91. The minimum atomic E-state index is -3.51. The summed E-state index contributed by atoms with van der Waals surface area (Å²) in [5.74, 6) is -14.5. The van der Waals surface area contributed by atoms with Gasteiger partial charge in [-0.05, 0) is 19.3 Å². The lowest BCUT2D eigenvalue weighted by Gasteiger charge is -2.52. The maximum absolute atomic E-state index is 13.7. The van der Waals surface area contributed by atoms with Crippen molar-refractivity contribution in [2.24, 2.45) is 0 Å². The van der Waals surface area contributed by atoms with E-state index in [-0.39, 0.29) is 12.3 Å². The normalized spacial score (nSPS) is 36.3. The van der Waals surface area contributed by atoms with Crippen molar-refractivity contribution in [1.29, 1.82) is 0 Å². The van der Waals surface area contributed by atoms with E-state index in [1.165, 1.54) is 116 Å². The highest BCUT2D eigenvalue weighted by atomic mass is 16.8. The van der Waals surface area contributed by atoms with Crippen LogP contribution in [0.15, 0.2) is 12.2 Å². The van der Waals surface area contributed by atoms with Crippen LogP contribution in [0.1, 0.15) is 240 Å². The number of aliphatic hydroxyl groups excluding tert-OH is 22. The number of rotatable bonds is 64. The lowest BCUT2D eigenvalue weighted by Crippen LogP contribution is -2.72. The Morgan fingerprint density at radius 2 is 0.736 bits per heavy atom. The summed E-state index contributed by atoms with van der Waals surface area (Å²) in [5.41, 5.74) is 0. The highest BCUT2D eigenvalue weighted by molar-refractivity contribution is 5.78. The topological polar surface area (TPSA) is 765 Å². The maximum atomic E-state index is 13.7. The van der Waals surface area contributed by atoms with Gasteiger partial charge in [0.25, 0.3) is 11.6 Å². The second kappa shape index (κ2) is 61.8. The molecular formula is C92H162N4O44. The average Bonchev–Trinajstić information content (AvgIpc) is 0.746. The molecule has 28 N–H and O–H groups in total. The molecule has 7 fully saturated rings. The van der Waals surface area contributed by atoms with Crippen molar-refractivity contribution in [3.63, 3.8) is 0 Å². The maximum Gasteiger partial charge on any atom is 0.364 e. The van der Waals surface area contributed by atoms with Crippen molar-refractivity contribution < 1.29 is 218 Å². The van der Waals surface area contributed by atoms with Crippen molar-refractivity contribution in [2.45, 2.75) is 478 Å².